The van der Waals surface area contributed by atoms with Crippen LogP contribution in [-0.2, 0) is 18.4 Å². The molecule has 1 amide bonds. The Labute approximate surface area is 562 Å². The number of carbonyl (C=O) groups is 1. The summed E-state index contributed by atoms with van der Waals surface area (Å²) in [5.74, 6) is -0.168. The van der Waals surface area contributed by atoms with Gasteiger partial charge in [0.25, 0.3) is 0 Å². The largest absolute Gasteiger partial charge is 0.472 e. The molecule has 0 fully saturated rings. The van der Waals surface area contributed by atoms with E-state index < -0.39 is 20.0 Å². The number of hydrogen-bond donors (Lipinski definition) is 3. The number of nitrogens with one attached hydrogen (secondary N) is 1. The molecular weight excluding hydrogens is 1130 g/mol. The van der Waals surface area contributed by atoms with Crippen LogP contribution in [0.3, 0.4) is 0 Å². The number of unbranched alkanes of at least 4 members (excludes halogenated alkanes) is 53. The summed E-state index contributed by atoms with van der Waals surface area (Å²) in [7, 11) is 1.59. The lowest BCUT2D eigenvalue weighted by molar-refractivity contribution is -0.870. The molecule has 0 radical (unpaired) electrons. The lowest BCUT2D eigenvalue weighted by Gasteiger charge is -2.25. The van der Waals surface area contributed by atoms with Crippen molar-refractivity contribution < 1.29 is 32.9 Å². The van der Waals surface area contributed by atoms with E-state index in [1.807, 2.05) is 27.2 Å². The smallest absolute Gasteiger partial charge is 0.387 e. The zero-order valence-corrected chi connectivity index (χ0v) is 61.8. The first kappa shape index (κ1) is 88.2. The van der Waals surface area contributed by atoms with Gasteiger partial charge in [-0.15, -0.1) is 0 Å². The first-order valence-corrected chi connectivity index (χ1v) is 41.2. The second-order valence-corrected chi connectivity index (χ2v) is 29.9. The van der Waals surface area contributed by atoms with Crippen molar-refractivity contribution >= 4 is 13.7 Å². The zero-order valence-electron chi connectivity index (χ0n) is 60.9. The maximum Gasteiger partial charge on any atom is 0.472 e. The number of quaternary nitrogens is 1. The summed E-state index contributed by atoms with van der Waals surface area (Å²) in [5, 5.41) is 14.1. The number of amides is 1. The summed E-state index contributed by atoms with van der Waals surface area (Å²) in [4.78, 5) is 23.5. The Hall–Kier alpha value is -1.80. The summed E-state index contributed by atoms with van der Waals surface area (Å²) in [6, 6.07) is -0.847. The number of hydrogen-bond acceptors (Lipinski definition) is 5. The average Bonchev–Trinajstić information content (AvgIpc) is 3.09. The molecule has 0 saturated carbocycles. The number of phosphoric acid groups is 1. The molecule has 0 bridgehead atoms. The zero-order chi connectivity index (χ0) is 65.5. The number of rotatable bonds is 74. The molecule has 0 saturated heterocycles. The van der Waals surface area contributed by atoms with Crippen LogP contribution in [0, 0.1) is 0 Å². The van der Waals surface area contributed by atoms with E-state index >= 15 is 0 Å². The van der Waals surface area contributed by atoms with E-state index in [9.17, 15) is 19.4 Å². The van der Waals surface area contributed by atoms with E-state index in [0.717, 1.165) is 57.8 Å². The van der Waals surface area contributed by atoms with Crippen molar-refractivity contribution in [1.82, 2.24) is 5.32 Å². The second-order valence-electron chi connectivity index (χ2n) is 28.4. The van der Waals surface area contributed by atoms with Crippen molar-refractivity contribution in [2.75, 3.05) is 40.9 Å². The molecule has 0 aromatic carbocycles. The van der Waals surface area contributed by atoms with E-state index in [-0.39, 0.29) is 19.1 Å². The van der Waals surface area contributed by atoms with Gasteiger partial charge in [0.15, 0.2) is 0 Å². The molecular formula is C81H156N2O6P+. The van der Waals surface area contributed by atoms with Gasteiger partial charge in [0.05, 0.1) is 39.9 Å². The Morgan fingerprint density at radius 3 is 0.978 bits per heavy atom. The topological polar surface area (TPSA) is 105 Å². The van der Waals surface area contributed by atoms with Crippen LogP contribution in [0.1, 0.15) is 399 Å². The van der Waals surface area contributed by atoms with E-state index in [0.29, 0.717) is 17.4 Å². The van der Waals surface area contributed by atoms with Crippen LogP contribution in [-0.4, -0.2) is 73.4 Å². The first-order valence-electron chi connectivity index (χ1n) is 39.7. The third-order valence-electron chi connectivity index (χ3n) is 18.2. The SMILES string of the molecule is CC/C=C\C/C=C\C/C=C\C/C=C\CCCCCCCCCCCCCCCCCCCCCCCCCCCCCCC(=O)NC(COP(=O)(O)OCC[N+](C)(C)C)C(O)/C=C/CCCCCCCCCCCCCCCCCCCCCCCCCCC. The number of allylic oxidation sites excluding steroid dienone is 9. The third-order valence-corrected chi connectivity index (χ3v) is 19.2. The van der Waals surface area contributed by atoms with Crippen molar-refractivity contribution in [3.05, 3.63) is 60.8 Å². The quantitative estimate of drug-likeness (QED) is 0.0243. The molecule has 9 heteroatoms. The molecule has 0 heterocycles. The lowest BCUT2D eigenvalue weighted by atomic mass is 10.0. The highest BCUT2D eigenvalue weighted by Crippen LogP contribution is 2.43. The van der Waals surface area contributed by atoms with E-state index in [1.54, 1.807) is 6.08 Å². The monoisotopic (exact) mass is 1280 g/mol. The van der Waals surface area contributed by atoms with Crippen molar-refractivity contribution in [2.24, 2.45) is 0 Å². The van der Waals surface area contributed by atoms with Crippen LogP contribution in [0.4, 0.5) is 0 Å². The van der Waals surface area contributed by atoms with Crippen LogP contribution in [0.15, 0.2) is 60.8 Å². The number of aliphatic hydroxyl groups excluding tert-OH is 1. The Balaban J connectivity index is 3.91. The molecule has 0 aromatic heterocycles. The highest BCUT2D eigenvalue weighted by Gasteiger charge is 2.28. The summed E-state index contributed by atoms with van der Waals surface area (Å²) in [5.41, 5.74) is 0. The molecule has 530 valence electrons. The molecule has 0 aliphatic rings. The van der Waals surface area contributed by atoms with Crippen LogP contribution < -0.4 is 5.32 Å². The predicted molar refractivity (Wildman–Crippen MR) is 397 cm³/mol. The summed E-state index contributed by atoms with van der Waals surface area (Å²) in [6.45, 7) is 4.76. The van der Waals surface area contributed by atoms with Gasteiger partial charge in [-0.05, 0) is 57.8 Å². The maximum atomic E-state index is 13.1. The van der Waals surface area contributed by atoms with Gasteiger partial charge in [-0.3, -0.25) is 13.8 Å². The van der Waals surface area contributed by atoms with Crippen LogP contribution in [0.25, 0.3) is 0 Å². The molecule has 3 N–H and O–H groups in total. The minimum Gasteiger partial charge on any atom is -0.387 e. The van der Waals surface area contributed by atoms with Crippen molar-refractivity contribution in [2.45, 2.75) is 411 Å². The number of likely N-dealkylation sites (N-methyl/N-ethyl adjacent to an activating group) is 1. The molecule has 3 unspecified atom stereocenters. The second kappa shape index (κ2) is 71.5. The summed E-state index contributed by atoms with van der Waals surface area (Å²) < 4.78 is 23.9. The van der Waals surface area contributed by atoms with E-state index in [2.05, 4.69) is 67.8 Å². The van der Waals surface area contributed by atoms with E-state index in [4.69, 9.17) is 9.05 Å². The number of nitrogens with zero attached hydrogens (tertiary/aromatic N) is 1. The Kier molecular flexibility index (Phi) is 70.1. The third kappa shape index (κ3) is 73.6. The molecule has 0 aromatic rings. The number of carbonyl (C=O) groups excluding carboxylic acids is 1. The Morgan fingerprint density at radius 1 is 0.389 bits per heavy atom. The maximum absolute atomic E-state index is 13.1. The number of aliphatic hydroxyl groups is 1. The fourth-order valence-corrected chi connectivity index (χ4v) is 12.9. The molecule has 8 nitrogen and oxygen atoms in total. The first-order chi connectivity index (χ1) is 44.0. The molecule has 3 atom stereocenters. The van der Waals surface area contributed by atoms with Crippen molar-refractivity contribution in [3.8, 4) is 0 Å². The van der Waals surface area contributed by atoms with Gasteiger partial charge in [-0.25, -0.2) is 4.57 Å². The predicted octanol–water partition coefficient (Wildman–Crippen LogP) is 25.9. The minimum atomic E-state index is -4.36. The fourth-order valence-electron chi connectivity index (χ4n) is 12.2. The molecule has 0 aliphatic heterocycles. The minimum absolute atomic E-state index is 0.0635. The Morgan fingerprint density at radius 2 is 0.667 bits per heavy atom. The van der Waals surface area contributed by atoms with Gasteiger partial charge in [-0.2, -0.15) is 0 Å². The standard InChI is InChI=1S/C81H155N2O6P/c1-6-8-10-12-14-16-18-20-22-24-26-28-30-32-34-35-36-37-38-39-40-41-42-43-44-45-46-47-49-51-53-55-57-59-61-63-65-67-69-71-73-75-81(85)82-79(78-89-90(86,87)88-77-76-83(3,4)5)80(84)74-72-70-68-66-64-62-60-58-56-54-52-50-48-33-31-29-27-25-23-21-19-17-15-13-11-9-7-2/h8,10,14,16,20,22,26,28,72,74,79-80,84H,6-7,9,11-13,15,17-19,21,23-25,27,29-71,73,75-78H2,1-5H3,(H-,82,85,86,87)/p+1/b10-8-,16-14-,22-20-,28-26-,74-72+. The van der Waals surface area contributed by atoms with Gasteiger partial charge in [-0.1, -0.05) is 396 Å². The molecule has 0 spiro atoms. The van der Waals surface area contributed by atoms with Gasteiger partial charge in [0.1, 0.15) is 13.2 Å². The van der Waals surface area contributed by atoms with Gasteiger partial charge in [0.2, 0.25) is 5.91 Å². The van der Waals surface area contributed by atoms with Crippen LogP contribution >= 0.6 is 7.82 Å². The van der Waals surface area contributed by atoms with Crippen LogP contribution in [0.2, 0.25) is 0 Å². The van der Waals surface area contributed by atoms with Crippen LogP contribution in [0.5, 0.6) is 0 Å². The molecule has 0 aliphatic carbocycles. The fraction of sp³-hybridized carbons (Fsp3) is 0.864. The number of phosphoric ester groups is 1. The van der Waals surface area contributed by atoms with Crippen molar-refractivity contribution in [3.63, 3.8) is 0 Å². The highest BCUT2D eigenvalue weighted by atomic mass is 31.2. The molecule has 0 rings (SSSR count). The van der Waals surface area contributed by atoms with Gasteiger partial charge in [0, 0.05) is 6.42 Å². The highest BCUT2D eigenvalue weighted by molar-refractivity contribution is 7.47. The average molecular weight is 1290 g/mol. The van der Waals surface area contributed by atoms with Gasteiger partial charge < -0.3 is 19.8 Å². The Bertz CT molecular complexity index is 1650. The molecule has 90 heavy (non-hydrogen) atoms. The van der Waals surface area contributed by atoms with E-state index in [1.165, 1.54) is 321 Å². The lowest BCUT2D eigenvalue weighted by Crippen LogP contribution is -2.45. The normalized spacial score (nSPS) is 13.8. The summed E-state index contributed by atoms with van der Waals surface area (Å²) in [6.07, 6.45) is 99.9. The van der Waals surface area contributed by atoms with Crippen molar-refractivity contribution in [1.29, 1.82) is 0 Å². The summed E-state index contributed by atoms with van der Waals surface area (Å²) >= 11 is 0. The van der Waals surface area contributed by atoms with Gasteiger partial charge >= 0.3 is 7.82 Å².